The minimum absolute atomic E-state index is 0.172. The van der Waals surface area contributed by atoms with E-state index in [9.17, 15) is 4.79 Å². The quantitative estimate of drug-likeness (QED) is 0.617. The average Bonchev–Trinajstić information content (AvgIpc) is 2.39. The Bertz CT molecular complexity index is 394. The maximum atomic E-state index is 11.5. The molecule has 1 amide bonds. The molecule has 1 aromatic carbocycles. The van der Waals surface area contributed by atoms with Crippen LogP contribution in [0, 0.1) is 6.92 Å². The Kier molecular flexibility index (Phi) is 6.11. The summed E-state index contributed by atoms with van der Waals surface area (Å²) in [4.78, 5) is 11.5. The third-order valence-electron chi connectivity index (χ3n) is 2.47. The van der Waals surface area contributed by atoms with Crippen molar-refractivity contribution in [3.63, 3.8) is 0 Å². The van der Waals surface area contributed by atoms with Gasteiger partial charge in [0.15, 0.2) is 6.29 Å². The van der Waals surface area contributed by atoms with Crippen LogP contribution >= 0.6 is 0 Å². The fourth-order valence-corrected chi connectivity index (χ4v) is 1.36. The molecule has 1 rings (SSSR count). The molecule has 1 N–H and O–H groups in total. The maximum absolute atomic E-state index is 11.5. The number of benzene rings is 1. The van der Waals surface area contributed by atoms with Gasteiger partial charge in [0.25, 0.3) is 0 Å². The van der Waals surface area contributed by atoms with Crippen molar-refractivity contribution in [1.82, 2.24) is 5.32 Å². The predicted molar refractivity (Wildman–Crippen MR) is 71.0 cm³/mol. The third kappa shape index (κ3) is 5.12. The average molecular weight is 249 g/mol. The molecule has 0 radical (unpaired) electrons. The van der Waals surface area contributed by atoms with Crippen molar-refractivity contribution < 1.29 is 14.3 Å². The summed E-state index contributed by atoms with van der Waals surface area (Å²) in [6.45, 7) is 2.35. The predicted octanol–water partition coefficient (Wildman–Crippen LogP) is 1.74. The van der Waals surface area contributed by atoms with Crippen LogP contribution in [0.25, 0.3) is 6.08 Å². The summed E-state index contributed by atoms with van der Waals surface area (Å²) in [5.74, 6) is -0.172. The Morgan fingerprint density at radius 3 is 2.44 bits per heavy atom. The molecule has 0 saturated heterocycles. The smallest absolute Gasteiger partial charge is 0.244 e. The van der Waals surface area contributed by atoms with Crippen molar-refractivity contribution in [3.8, 4) is 0 Å². The molecule has 0 fully saturated rings. The van der Waals surface area contributed by atoms with Crippen molar-refractivity contribution >= 4 is 12.0 Å². The number of ether oxygens (including phenoxy) is 2. The summed E-state index contributed by atoms with van der Waals surface area (Å²) in [6.07, 6.45) is 2.85. The molecule has 4 nitrogen and oxygen atoms in total. The number of carbonyl (C=O) groups is 1. The third-order valence-corrected chi connectivity index (χ3v) is 2.47. The summed E-state index contributed by atoms with van der Waals surface area (Å²) in [7, 11) is 3.06. The maximum Gasteiger partial charge on any atom is 0.244 e. The summed E-state index contributed by atoms with van der Waals surface area (Å²) in [6, 6.07) is 7.94. The van der Waals surface area contributed by atoms with E-state index in [2.05, 4.69) is 5.32 Å². The van der Waals surface area contributed by atoms with Crippen LogP contribution in [-0.2, 0) is 14.3 Å². The van der Waals surface area contributed by atoms with E-state index < -0.39 is 6.29 Å². The number of amides is 1. The van der Waals surface area contributed by atoms with Gasteiger partial charge in [0, 0.05) is 20.3 Å². The molecular weight excluding hydrogens is 230 g/mol. The number of carbonyl (C=O) groups excluding carboxylic acids is 1. The summed E-state index contributed by atoms with van der Waals surface area (Å²) in [5.41, 5.74) is 2.19. The lowest BCUT2D eigenvalue weighted by Crippen LogP contribution is -2.33. The normalized spacial score (nSPS) is 11.1. The molecule has 4 heteroatoms. The first-order valence-electron chi connectivity index (χ1n) is 5.74. The van der Waals surface area contributed by atoms with Gasteiger partial charge in [-0.1, -0.05) is 29.8 Å². The first-order valence-corrected chi connectivity index (χ1v) is 5.74. The molecule has 0 aliphatic carbocycles. The van der Waals surface area contributed by atoms with Crippen LogP contribution in [0.1, 0.15) is 11.1 Å². The van der Waals surface area contributed by atoms with Crippen molar-refractivity contribution in [2.45, 2.75) is 13.2 Å². The lowest BCUT2D eigenvalue weighted by Gasteiger charge is -2.12. The molecule has 18 heavy (non-hydrogen) atoms. The van der Waals surface area contributed by atoms with E-state index in [0.29, 0.717) is 6.54 Å². The van der Waals surface area contributed by atoms with Crippen LogP contribution in [0.3, 0.4) is 0 Å². The van der Waals surface area contributed by atoms with Gasteiger partial charge in [0.1, 0.15) is 0 Å². The van der Waals surface area contributed by atoms with E-state index in [0.717, 1.165) is 5.56 Å². The number of methoxy groups -OCH3 is 2. The molecule has 0 spiro atoms. The molecule has 0 aliphatic heterocycles. The summed E-state index contributed by atoms with van der Waals surface area (Å²) in [5, 5.41) is 2.69. The van der Waals surface area contributed by atoms with Crippen molar-refractivity contribution in [2.24, 2.45) is 0 Å². The van der Waals surface area contributed by atoms with E-state index in [1.165, 1.54) is 25.9 Å². The van der Waals surface area contributed by atoms with Gasteiger partial charge in [-0.05, 0) is 18.6 Å². The standard InChI is InChI=1S/C14H19NO3/c1-11-4-6-12(7-5-11)8-9-13(16)15-10-14(17-2)18-3/h4-9,14H,10H2,1-3H3,(H,15,16)/b9-8+. The minimum Gasteiger partial charge on any atom is -0.354 e. The largest absolute Gasteiger partial charge is 0.354 e. The second-order valence-electron chi connectivity index (χ2n) is 3.89. The zero-order chi connectivity index (χ0) is 13.4. The van der Waals surface area contributed by atoms with Gasteiger partial charge >= 0.3 is 0 Å². The van der Waals surface area contributed by atoms with E-state index in [-0.39, 0.29) is 5.91 Å². The molecule has 0 saturated carbocycles. The first kappa shape index (κ1) is 14.4. The van der Waals surface area contributed by atoms with E-state index >= 15 is 0 Å². The molecule has 98 valence electrons. The first-order chi connectivity index (χ1) is 8.65. The fraction of sp³-hybridized carbons (Fsp3) is 0.357. The highest BCUT2D eigenvalue weighted by atomic mass is 16.7. The number of aryl methyl sites for hydroxylation is 1. The summed E-state index contributed by atoms with van der Waals surface area (Å²) < 4.78 is 9.93. The van der Waals surface area contributed by atoms with Crippen molar-refractivity contribution in [1.29, 1.82) is 0 Å². The van der Waals surface area contributed by atoms with Crippen LogP contribution in [0.15, 0.2) is 30.3 Å². The van der Waals surface area contributed by atoms with Crippen LogP contribution in [0.2, 0.25) is 0 Å². The van der Waals surface area contributed by atoms with E-state index in [1.54, 1.807) is 6.08 Å². The lowest BCUT2D eigenvalue weighted by molar-refractivity contribution is -0.123. The Morgan fingerprint density at radius 2 is 1.89 bits per heavy atom. The molecule has 0 atom stereocenters. The fourth-order valence-electron chi connectivity index (χ4n) is 1.36. The van der Waals surface area contributed by atoms with Crippen LogP contribution < -0.4 is 5.32 Å². The van der Waals surface area contributed by atoms with Crippen LogP contribution in [-0.4, -0.2) is 33.0 Å². The van der Waals surface area contributed by atoms with Gasteiger partial charge in [-0.25, -0.2) is 0 Å². The molecule has 1 aromatic rings. The van der Waals surface area contributed by atoms with Crippen LogP contribution in [0.5, 0.6) is 0 Å². The highest BCUT2D eigenvalue weighted by molar-refractivity contribution is 5.91. The molecular formula is C14H19NO3. The van der Waals surface area contributed by atoms with Crippen molar-refractivity contribution in [3.05, 3.63) is 41.5 Å². The SMILES string of the molecule is COC(CNC(=O)/C=C/c1ccc(C)cc1)OC. The van der Waals surface area contributed by atoms with Crippen LogP contribution in [0.4, 0.5) is 0 Å². The second-order valence-corrected chi connectivity index (χ2v) is 3.89. The van der Waals surface area contributed by atoms with E-state index in [4.69, 9.17) is 9.47 Å². The Balaban J connectivity index is 2.42. The summed E-state index contributed by atoms with van der Waals surface area (Å²) >= 11 is 0. The Hall–Kier alpha value is -1.65. The molecule has 0 bridgehead atoms. The molecule has 0 aromatic heterocycles. The van der Waals surface area contributed by atoms with E-state index in [1.807, 2.05) is 31.2 Å². The van der Waals surface area contributed by atoms with Gasteiger partial charge in [0.05, 0.1) is 6.54 Å². The topological polar surface area (TPSA) is 47.6 Å². The second kappa shape index (κ2) is 7.63. The molecule has 0 unspecified atom stereocenters. The highest BCUT2D eigenvalue weighted by Crippen LogP contribution is 2.04. The van der Waals surface area contributed by atoms with Gasteiger partial charge < -0.3 is 14.8 Å². The minimum atomic E-state index is -0.415. The Morgan fingerprint density at radius 1 is 1.28 bits per heavy atom. The van der Waals surface area contributed by atoms with Gasteiger partial charge in [-0.3, -0.25) is 4.79 Å². The van der Waals surface area contributed by atoms with Gasteiger partial charge in [0.2, 0.25) is 5.91 Å². The number of hydrogen-bond acceptors (Lipinski definition) is 3. The molecule has 0 heterocycles. The number of nitrogens with one attached hydrogen (secondary N) is 1. The van der Waals surface area contributed by atoms with Gasteiger partial charge in [-0.15, -0.1) is 0 Å². The zero-order valence-electron chi connectivity index (χ0n) is 11.0. The van der Waals surface area contributed by atoms with Crippen molar-refractivity contribution in [2.75, 3.05) is 20.8 Å². The lowest BCUT2D eigenvalue weighted by atomic mass is 10.1. The van der Waals surface area contributed by atoms with Gasteiger partial charge in [-0.2, -0.15) is 0 Å². The number of rotatable bonds is 6. The highest BCUT2D eigenvalue weighted by Gasteiger charge is 2.05. The zero-order valence-corrected chi connectivity index (χ0v) is 11.0. The monoisotopic (exact) mass is 249 g/mol. The Labute approximate surface area is 108 Å². The molecule has 0 aliphatic rings. The number of hydrogen-bond donors (Lipinski definition) is 1.